The van der Waals surface area contributed by atoms with Gasteiger partial charge in [-0.05, 0) is 36.2 Å². The lowest BCUT2D eigenvalue weighted by atomic mass is 10.1. The van der Waals surface area contributed by atoms with E-state index in [4.69, 9.17) is 4.74 Å². The zero-order chi connectivity index (χ0) is 19.5. The SMILES string of the molecule is C=CCCC(=O)N(CCNCc1ccccc1)C(=O)c1ccc(OC)cc1. The van der Waals surface area contributed by atoms with E-state index in [9.17, 15) is 9.59 Å². The fraction of sp³-hybridized carbons (Fsp3) is 0.273. The maximum atomic E-state index is 12.8. The number of carbonyl (C=O) groups excluding carboxylic acids is 2. The standard InChI is InChI=1S/C22H26N2O3/c1-3-4-10-21(25)24(16-15-23-17-18-8-6-5-7-9-18)22(26)19-11-13-20(27-2)14-12-19/h3,5-9,11-14,23H,1,4,10,15-17H2,2H3. The number of hydrogen-bond donors (Lipinski definition) is 1. The maximum Gasteiger partial charge on any atom is 0.260 e. The molecule has 0 atom stereocenters. The molecule has 2 aromatic rings. The number of benzene rings is 2. The van der Waals surface area contributed by atoms with E-state index in [-0.39, 0.29) is 18.2 Å². The molecule has 0 aliphatic heterocycles. The van der Waals surface area contributed by atoms with Gasteiger partial charge in [-0.3, -0.25) is 14.5 Å². The van der Waals surface area contributed by atoms with E-state index in [0.717, 1.165) is 5.56 Å². The Balaban J connectivity index is 1.99. The minimum atomic E-state index is -0.298. The summed E-state index contributed by atoms with van der Waals surface area (Å²) in [4.78, 5) is 26.6. The van der Waals surface area contributed by atoms with Crippen LogP contribution in [-0.4, -0.2) is 36.9 Å². The molecule has 0 saturated heterocycles. The average molecular weight is 366 g/mol. The van der Waals surface area contributed by atoms with E-state index in [0.29, 0.717) is 37.4 Å². The molecule has 5 heteroatoms. The van der Waals surface area contributed by atoms with Gasteiger partial charge in [-0.1, -0.05) is 36.4 Å². The molecule has 5 nitrogen and oxygen atoms in total. The number of allylic oxidation sites excluding steroid dienone is 1. The lowest BCUT2D eigenvalue weighted by molar-refractivity contribution is -0.128. The molecule has 0 heterocycles. The zero-order valence-corrected chi connectivity index (χ0v) is 15.7. The summed E-state index contributed by atoms with van der Waals surface area (Å²) in [6, 6.07) is 16.8. The Morgan fingerprint density at radius 2 is 1.81 bits per heavy atom. The fourth-order valence-corrected chi connectivity index (χ4v) is 2.61. The van der Waals surface area contributed by atoms with Crippen LogP contribution < -0.4 is 10.1 Å². The number of amides is 2. The second-order valence-corrected chi connectivity index (χ2v) is 6.07. The third-order valence-electron chi connectivity index (χ3n) is 4.13. The van der Waals surface area contributed by atoms with Crippen molar-refractivity contribution in [2.45, 2.75) is 19.4 Å². The fourth-order valence-electron chi connectivity index (χ4n) is 2.61. The molecule has 27 heavy (non-hydrogen) atoms. The van der Waals surface area contributed by atoms with E-state index >= 15 is 0 Å². The summed E-state index contributed by atoms with van der Waals surface area (Å²) in [7, 11) is 1.57. The predicted molar refractivity (Wildman–Crippen MR) is 107 cm³/mol. The van der Waals surface area contributed by atoms with Crippen molar-refractivity contribution in [3.05, 3.63) is 78.4 Å². The van der Waals surface area contributed by atoms with Gasteiger partial charge in [-0.25, -0.2) is 0 Å². The maximum absolute atomic E-state index is 12.8. The first kappa shape index (κ1) is 20.4. The summed E-state index contributed by atoms with van der Waals surface area (Å²) in [5.41, 5.74) is 1.62. The van der Waals surface area contributed by atoms with Crippen LogP contribution in [-0.2, 0) is 11.3 Å². The number of rotatable bonds is 10. The molecule has 0 fully saturated rings. The van der Waals surface area contributed by atoms with Gasteiger partial charge in [0.05, 0.1) is 7.11 Å². The second-order valence-electron chi connectivity index (χ2n) is 6.07. The van der Waals surface area contributed by atoms with Gasteiger partial charge in [0.1, 0.15) is 5.75 Å². The highest BCUT2D eigenvalue weighted by Crippen LogP contribution is 2.14. The Morgan fingerprint density at radius 1 is 1.11 bits per heavy atom. The zero-order valence-electron chi connectivity index (χ0n) is 15.7. The van der Waals surface area contributed by atoms with Crippen LogP contribution in [0, 0.1) is 0 Å². The van der Waals surface area contributed by atoms with Gasteiger partial charge in [-0.15, -0.1) is 6.58 Å². The number of hydrogen-bond acceptors (Lipinski definition) is 4. The van der Waals surface area contributed by atoms with E-state index in [1.165, 1.54) is 4.90 Å². The topological polar surface area (TPSA) is 58.6 Å². The Bertz CT molecular complexity index is 742. The third-order valence-corrected chi connectivity index (χ3v) is 4.13. The molecule has 0 unspecified atom stereocenters. The van der Waals surface area contributed by atoms with Gasteiger partial charge in [0.25, 0.3) is 5.91 Å². The van der Waals surface area contributed by atoms with Gasteiger partial charge < -0.3 is 10.1 Å². The van der Waals surface area contributed by atoms with Crippen molar-refractivity contribution in [3.63, 3.8) is 0 Å². The lowest BCUT2D eigenvalue weighted by Crippen LogP contribution is -2.41. The normalized spacial score (nSPS) is 10.3. The predicted octanol–water partition coefficient (Wildman–Crippen LogP) is 3.42. The number of nitrogens with one attached hydrogen (secondary N) is 1. The van der Waals surface area contributed by atoms with Crippen LogP contribution in [0.4, 0.5) is 0 Å². The van der Waals surface area contributed by atoms with Crippen molar-refractivity contribution in [1.82, 2.24) is 10.2 Å². The quantitative estimate of drug-likeness (QED) is 0.517. The van der Waals surface area contributed by atoms with Crippen LogP contribution in [0.2, 0.25) is 0 Å². The highest BCUT2D eigenvalue weighted by Gasteiger charge is 2.21. The molecule has 0 aliphatic rings. The van der Waals surface area contributed by atoms with E-state index in [1.807, 2.05) is 30.3 Å². The number of nitrogens with zero attached hydrogens (tertiary/aromatic N) is 1. The molecule has 142 valence electrons. The van der Waals surface area contributed by atoms with Crippen LogP contribution in [0.15, 0.2) is 67.3 Å². The highest BCUT2D eigenvalue weighted by atomic mass is 16.5. The summed E-state index contributed by atoms with van der Waals surface area (Å²) in [5.74, 6) is 0.172. The Morgan fingerprint density at radius 3 is 2.44 bits per heavy atom. The van der Waals surface area contributed by atoms with Crippen molar-refractivity contribution >= 4 is 11.8 Å². The molecule has 0 spiro atoms. The van der Waals surface area contributed by atoms with Gasteiger partial charge in [0, 0.05) is 31.6 Å². The molecule has 0 bridgehead atoms. The van der Waals surface area contributed by atoms with Crippen LogP contribution in [0.5, 0.6) is 5.75 Å². The van der Waals surface area contributed by atoms with Crippen molar-refractivity contribution in [3.8, 4) is 5.75 Å². The smallest absolute Gasteiger partial charge is 0.260 e. The highest BCUT2D eigenvalue weighted by molar-refractivity contribution is 6.04. The molecule has 2 amide bonds. The first-order valence-electron chi connectivity index (χ1n) is 9.00. The molecular weight excluding hydrogens is 340 g/mol. The summed E-state index contributed by atoms with van der Waals surface area (Å²) in [6.45, 7) is 5.17. The van der Waals surface area contributed by atoms with Crippen LogP contribution >= 0.6 is 0 Å². The van der Waals surface area contributed by atoms with Crippen molar-refractivity contribution in [2.75, 3.05) is 20.2 Å². The van der Waals surface area contributed by atoms with Crippen molar-refractivity contribution in [1.29, 1.82) is 0 Å². The van der Waals surface area contributed by atoms with E-state index in [2.05, 4.69) is 11.9 Å². The summed E-state index contributed by atoms with van der Waals surface area (Å²) in [5, 5.41) is 3.28. The monoisotopic (exact) mass is 366 g/mol. The van der Waals surface area contributed by atoms with Gasteiger partial charge >= 0.3 is 0 Å². The number of ether oxygens (including phenoxy) is 1. The molecule has 2 aromatic carbocycles. The summed E-state index contributed by atoms with van der Waals surface area (Å²) < 4.78 is 5.12. The van der Waals surface area contributed by atoms with Crippen LogP contribution in [0.1, 0.15) is 28.8 Å². The summed E-state index contributed by atoms with van der Waals surface area (Å²) in [6.07, 6.45) is 2.49. The van der Waals surface area contributed by atoms with Crippen molar-refractivity contribution < 1.29 is 14.3 Å². The molecule has 0 aliphatic carbocycles. The largest absolute Gasteiger partial charge is 0.497 e. The number of carbonyl (C=O) groups is 2. The van der Waals surface area contributed by atoms with E-state index < -0.39 is 0 Å². The van der Waals surface area contributed by atoms with Gasteiger partial charge in [-0.2, -0.15) is 0 Å². The lowest BCUT2D eigenvalue weighted by Gasteiger charge is -2.21. The number of methoxy groups -OCH3 is 1. The Kier molecular flexibility index (Phi) is 8.26. The molecule has 0 saturated carbocycles. The molecular formula is C22H26N2O3. The molecule has 2 rings (SSSR count). The van der Waals surface area contributed by atoms with Gasteiger partial charge in [0.15, 0.2) is 0 Å². The third kappa shape index (κ3) is 6.38. The molecule has 0 aromatic heterocycles. The first-order valence-corrected chi connectivity index (χ1v) is 9.00. The molecule has 1 N–H and O–H groups in total. The van der Waals surface area contributed by atoms with Crippen molar-refractivity contribution in [2.24, 2.45) is 0 Å². The average Bonchev–Trinajstić information content (AvgIpc) is 2.72. The van der Waals surface area contributed by atoms with Gasteiger partial charge in [0.2, 0.25) is 5.91 Å². The number of imide groups is 1. The molecule has 0 radical (unpaired) electrons. The summed E-state index contributed by atoms with van der Waals surface area (Å²) >= 11 is 0. The van der Waals surface area contributed by atoms with E-state index in [1.54, 1.807) is 37.5 Å². The minimum Gasteiger partial charge on any atom is -0.497 e. The Hall–Kier alpha value is -2.92. The Labute approximate surface area is 160 Å². The van der Waals surface area contributed by atoms with Crippen LogP contribution in [0.3, 0.4) is 0 Å². The minimum absolute atomic E-state index is 0.197. The van der Waals surface area contributed by atoms with Crippen LogP contribution in [0.25, 0.3) is 0 Å². The second kappa shape index (κ2) is 10.9. The first-order chi connectivity index (χ1) is 13.2.